The Hall–Kier alpha value is -0.650. The zero-order chi connectivity index (χ0) is 13.6. The maximum absolute atomic E-state index is 11.2. The van der Waals surface area contributed by atoms with E-state index in [1.807, 2.05) is 6.92 Å². The highest BCUT2D eigenvalue weighted by Crippen LogP contribution is 2.11. The van der Waals surface area contributed by atoms with Gasteiger partial charge in [0.05, 0.1) is 32.7 Å². The number of carbonyl (C=O) groups excluding carboxylic acids is 1. The second-order valence-corrected chi connectivity index (χ2v) is 5.43. The molecule has 1 N–H and O–H groups in total. The van der Waals surface area contributed by atoms with Crippen molar-refractivity contribution in [1.82, 2.24) is 0 Å². The molecule has 3 unspecified atom stereocenters. The third kappa shape index (κ3) is 5.33. The van der Waals surface area contributed by atoms with Crippen LogP contribution in [0.15, 0.2) is 0 Å². The van der Waals surface area contributed by atoms with Crippen LogP contribution in [0.4, 0.5) is 0 Å². The summed E-state index contributed by atoms with van der Waals surface area (Å²) in [5.41, 5.74) is 0. The van der Waals surface area contributed by atoms with Gasteiger partial charge in [-0.3, -0.25) is 4.79 Å². The normalized spacial score (nSPS) is 28.3. The van der Waals surface area contributed by atoms with Crippen molar-refractivity contribution in [2.24, 2.45) is 0 Å². The number of esters is 1. The molecule has 0 aromatic heterocycles. The molecule has 0 radical (unpaired) electrons. The molecule has 5 nitrogen and oxygen atoms in total. The zero-order valence-electron chi connectivity index (χ0n) is 11.7. The number of ether oxygens (including phenoxy) is 2. The summed E-state index contributed by atoms with van der Waals surface area (Å²) in [6.45, 7) is 6.94. The van der Waals surface area contributed by atoms with Crippen molar-refractivity contribution in [1.29, 1.82) is 0 Å². The van der Waals surface area contributed by atoms with Crippen molar-refractivity contribution in [3.63, 3.8) is 0 Å². The van der Waals surface area contributed by atoms with E-state index >= 15 is 0 Å². The van der Waals surface area contributed by atoms with Crippen LogP contribution in [0.5, 0.6) is 0 Å². The van der Waals surface area contributed by atoms with E-state index in [9.17, 15) is 9.90 Å². The summed E-state index contributed by atoms with van der Waals surface area (Å²) in [6, 6.07) is 0. The number of likely N-dealkylation sites (N-methyl/N-ethyl adjacent to an activating group) is 1. The third-order valence-corrected chi connectivity index (χ3v) is 3.55. The number of carbonyl (C=O) groups is 1. The quantitative estimate of drug-likeness (QED) is 0.560. The maximum atomic E-state index is 11.2. The highest BCUT2D eigenvalue weighted by Gasteiger charge is 2.29. The van der Waals surface area contributed by atoms with E-state index in [4.69, 9.17) is 9.47 Å². The van der Waals surface area contributed by atoms with Gasteiger partial charge in [0.25, 0.3) is 0 Å². The van der Waals surface area contributed by atoms with Crippen LogP contribution >= 0.6 is 0 Å². The SMILES string of the molecule is CCC(C)OCC(O)C[N+]1(C)CCOC(=O)CC1. The molecular weight excluding hydrogens is 234 g/mol. The lowest BCUT2D eigenvalue weighted by atomic mass is 10.2. The van der Waals surface area contributed by atoms with Crippen molar-refractivity contribution < 1.29 is 23.9 Å². The Bertz CT molecular complexity index is 272. The lowest BCUT2D eigenvalue weighted by molar-refractivity contribution is -0.910. The van der Waals surface area contributed by atoms with Crippen LogP contribution in [0.1, 0.15) is 26.7 Å². The lowest BCUT2D eigenvalue weighted by Gasteiger charge is -2.34. The van der Waals surface area contributed by atoms with Crippen LogP contribution in [0, 0.1) is 0 Å². The van der Waals surface area contributed by atoms with Gasteiger partial charge < -0.3 is 19.1 Å². The molecular formula is C13H26NO4+. The number of hydrogen-bond donors (Lipinski definition) is 1. The largest absolute Gasteiger partial charge is 0.460 e. The van der Waals surface area contributed by atoms with Crippen LogP contribution in [0.25, 0.3) is 0 Å². The first-order chi connectivity index (χ1) is 8.45. The molecule has 106 valence electrons. The number of hydrogen-bond acceptors (Lipinski definition) is 4. The van der Waals surface area contributed by atoms with Gasteiger partial charge in [-0.1, -0.05) is 6.92 Å². The number of cyclic esters (lactones) is 1. The molecule has 0 saturated carbocycles. The Morgan fingerprint density at radius 1 is 1.50 bits per heavy atom. The van der Waals surface area contributed by atoms with Gasteiger partial charge in [-0.25, -0.2) is 0 Å². The van der Waals surface area contributed by atoms with E-state index < -0.39 is 6.10 Å². The molecule has 1 saturated heterocycles. The fourth-order valence-corrected chi connectivity index (χ4v) is 2.06. The summed E-state index contributed by atoms with van der Waals surface area (Å²) >= 11 is 0. The molecule has 0 spiro atoms. The molecule has 0 aromatic carbocycles. The summed E-state index contributed by atoms with van der Waals surface area (Å²) in [5.74, 6) is -0.137. The van der Waals surface area contributed by atoms with Gasteiger partial charge in [0, 0.05) is 0 Å². The predicted molar refractivity (Wildman–Crippen MR) is 68.1 cm³/mol. The Balaban J connectivity index is 2.36. The van der Waals surface area contributed by atoms with Gasteiger partial charge >= 0.3 is 5.97 Å². The van der Waals surface area contributed by atoms with E-state index in [1.165, 1.54) is 0 Å². The number of aliphatic hydroxyl groups excluding tert-OH is 1. The molecule has 1 rings (SSSR count). The smallest absolute Gasteiger partial charge is 0.311 e. The van der Waals surface area contributed by atoms with Crippen LogP contribution in [0.3, 0.4) is 0 Å². The molecule has 3 atom stereocenters. The monoisotopic (exact) mass is 260 g/mol. The molecule has 0 aliphatic carbocycles. The summed E-state index contributed by atoms with van der Waals surface area (Å²) in [5, 5.41) is 10.0. The number of quaternary nitrogens is 1. The van der Waals surface area contributed by atoms with Gasteiger partial charge in [-0.15, -0.1) is 0 Å². The minimum Gasteiger partial charge on any atom is -0.460 e. The van der Waals surface area contributed by atoms with Crippen LogP contribution in [-0.4, -0.2) is 67.7 Å². The number of rotatable bonds is 6. The van der Waals surface area contributed by atoms with Crippen molar-refractivity contribution >= 4 is 5.97 Å². The Labute approximate surface area is 109 Å². The summed E-state index contributed by atoms with van der Waals surface area (Å²) in [6.07, 6.45) is 1.06. The molecule has 0 aromatic rings. The van der Waals surface area contributed by atoms with Crippen LogP contribution in [0.2, 0.25) is 0 Å². The highest BCUT2D eigenvalue weighted by molar-refractivity contribution is 5.69. The minimum absolute atomic E-state index is 0.137. The van der Waals surface area contributed by atoms with E-state index in [0.29, 0.717) is 30.7 Å². The molecule has 1 aliphatic heterocycles. The van der Waals surface area contributed by atoms with Gasteiger partial charge in [0.1, 0.15) is 25.8 Å². The maximum Gasteiger partial charge on any atom is 0.311 e. The number of nitrogens with zero attached hydrogens (tertiary/aromatic N) is 1. The van der Waals surface area contributed by atoms with Crippen LogP contribution in [-0.2, 0) is 14.3 Å². The van der Waals surface area contributed by atoms with Gasteiger partial charge in [-0.05, 0) is 13.3 Å². The fraction of sp³-hybridized carbons (Fsp3) is 0.923. The van der Waals surface area contributed by atoms with Crippen molar-refractivity contribution in [3.05, 3.63) is 0 Å². The van der Waals surface area contributed by atoms with Gasteiger partial charge in [0.2, 0.25) is 0 Å². The molecule has 1 heterocycles. The van der Waals surface area contributed by atoms with Gasteiger partial charge in [0.15, 0.2) is 0 Å². The average Bonchev–Trinajstić information content (AvgIpc) is 2.48. The van der Waals surface area contributed by atoms with E-state index in [1.54, 1.807) is 0 Å². The molecule has 18 heavy (non-hydrogen) atoms. The summed E-state index contributed by atoms with van der Waals surface area (Å²) in [7, 11) is 2.05. The molecule has 0 amide bonds. The Kier molecular flexibility index (Phi) is 6.05. The standard InChI is InChI=1S/C13H26NO4/c1-4-11(2)18-10-12(15)9-14(3)6-5-13(16)17-8-7-14/h11-12,15H,4-10H2,1-3H3/q+1. The number of aliphatic hydroxyl groups is 1. The lowest BCUT2D eigenvalue weighted by Crippen LogP contribution is -2.51. The summed E-state index contributed by atoms with van der Waals surface area (Å²) < 4.78 is 11.2. The van der Waals surface area contributed by atoms with E-state index in [-0.39, 0.29) is 12.1 Å². The molecule has 1 fully saturated rings. The summed E-state index contributed by atoms with van der Waals surface area (Å²) in [4.78, 5) is 11.2. The fourth-order valence-electron chi connectivity index (χ4n) is 2.06. The first-order valence-electron chi connectivity index (χ1n) is 6.74. The second kappa shape index (κ2) is 7.07. The molecule has 1 aliphatic rings. The first-order valence-corrected chi connectivity index (χ1v) is 6.74. The van der Waals surface area contributed by atoms with Crippen molar-refractivity contribution in [2.45, 2.75) is 38.9 Å². The zero-order valence-corrected chi connectivity index (χ0v) is 11.7. The van der Waals surface area contributed by atoms with Crippen LogP contribution < -0.4 is 0 Å². The molecule has 5 heteroatoms. The first kappa shape index (κ1) is 15.4. The highest BCUT2D eigenvalue weighted by atomic mass is 16.5. The van der Waals surface area contributed by atoms with Crippen molar-refractivity contribution in [2.75, 3.05) is 39.9 Å². The van der Waals surface area contributed by atoms with Gasteiger partial charge in [-0.2, -0.15) is 0 Å². The topological polar surface area (TPSA) is 55.8 Å². The van der Waals surface area contributed by atoms with Crippen molar-refractivity contribution in [3.8, 4) is 0 Å². The molecule has 0 bridgehead atoms. The Morgan fingerprint density at radius 2 is 2.22 bits per heavy atom. The minimum atomic E-state index is -0.489. The third-order valence-electron chi connectivity index (χ3n) is 3.55. The predicted octanol–water partition coefficient (Wildman–Crippen LogP) is 0.556. The second-order valence-electron chi connectivity index (χ2n) is 5.43. The average molecular weight is 260 g/mol. The Morgan fingerprint density at radius 3 is 2.89 bits per heavy atom. The van der Waals surface area contributed by atoms with E-state index in [0.717, 1.165) is 19.5 Å². The van der Waals surface area contributed by atoms with E-state index in [2.05, 4.69) is 14.0 Å².